The highest BCUT2D eigenvalue weighted by atomic mass is 16.4. The molecule has 0 fully saturated rings. The lowest BCUT2D eigenvalue weighted by Gasteiger charge is -2.21. The molecule has 0 spiro atoms. The normalized spacial score (nSPS) is 11.2. The highest BCUT2D eigenvalue weighted by Crippen LogP contribution is 2.24. The van der Waals surface area contributed by atoms with Gasteiger partial charge >= 0.3 is 5.97 Å². The Morgan fingerprint density at radius 1 is 1.39 bits per heavy atom. The number of carboxylic acids is 1. The van der Waals surface area contributed by atoms with Crippen LogP contribution in [0.25, 0.3) is 0 Å². The molecule has 100 valence electrons. The van der Waals surface area contributed by atoms with E-state index in [1.165, 1.54) is 0 Å². The van der Waals surface area contributed by atoms with Gasteiger partial charge in [0.2, 0.25) is 5.91 Å². The van der Waals surface area contributed by atoms with Gasteiger partial charge < -0.3 is 10.4 Å². The quantitative estimate of drug-likeness (QED) is 0.755. The van der Waals surface area contributed by atoms with Crippen molar-refractivity contribution in [3.8, 4) is 0 Å². The van der Waals surface area contributed by atoms with Crippen molar-refractivity contribution in [2.75, 3.05) is 6.54 Å². The van der Waals surface area contributed by atoms with Gasteiger partial charge in [-0.1, -0.05) is 13.8 Å². The van der Waals surface area contributed by atoms with Crippen LogP contribution in [-0.2, 0) is 16.1 Å². The van der Waals surface area contributed by atoms with Gasteiger partial charge in [-0.3, -0.25) is 14.3 Å². The monoisotopic (exact) mass is 253 g/mol. The van der Waals surface area contributed by atoms with Crippen LogP contribution < -0.4 is 5.32 Å². The first-order valence-corrected chi connectivity index (χ1v) is 5.85. The Bertz CT molecular complexity index is 399. The molecule has 0 aliphatic rings. The zero-order chi connectivity index (χ0) is 13.6. The van der Waals surface area contributed by atoms with Gasteiger partial charge in [0.15, 0.2) is 0 Å². The van der Waals surface area contributed by atoms with E-state index < -0.39 is 11.4 Å². The highest BCUT2D eigenvalue weighted by molar-refractivity contribution is 5.77. The highest BCUT2D eigenvalue weighted by Gasteiger charge is 2.24. The fraction of sp³-hybridized carbons (Fsp3) is 0.583. The Morgan fingerprint density at radius 3 is 2.67 bits per heavy atom. The molecular formula is C12H19N3O3. The smallest absolute Gasteiger partial charge is 0.303 e. The SMILES string of the molecule is CC(C)(CC(=O)O)CC(=O)NCCn1cccn1. The van der Waals surface area contributed by atoms with Crippen LogP contribution in [0.2, 0.25) is 0 Å². The molecule has 0 radical (unpaired) electrons. The summed E-state index contributed by atoms with van der Waals surface area (Å²) in [7, 11) is 0. The van der Waals surface area contributed by atoms with E-state index in [1.807, 2.05) is 12.3 Å². The molecule has 1 amide bonds. The number of carbonyl (C=O) groups excluding carboxylic acids is 1. The van der Waals surface area contributed by atoms with Crippen LogP contribution >= 0.6 is 0 Å². The summed E-state index contributed by atoms with van der Waals surface area (Å²) in [6, 6.07) is 1.82. The van der Waals surface area contributed by atoms with Crippen molar-refractivity contribution in [3.63, 3.8) is 0 Å². The second-order valence-corrected chi connectivity index (χ2v) is 5.03. The molecule has 6 heteroatoms. The third-order valence-corrected chi connectivity index (χ3v) is 2.49. The molecular weight excluding hydrogens is 234 g/mol. The standard InChI is InChI=1S/C12H19N3O3/c1-12(2,9-11(17)18)8-10(16)13-5-7-15-6-3-4-14-15/h3-4,6H,5,7-9H2,1-2H3,(H,13,16)(H,17,18). The number of nitrogens with one attached hydrogen (secondary N) is 1. The maximum absolute atomic E-state index is 11.6. The minimum atomic E-state index is -0.885. The maximum atomic E-state index is 11.6. The minimum Gasteiger partial charge on any atom is -0.481 e. The second kappa shape index (κ2) is 6.18. The molecule has 6 nitrogen and oxygen atoms in total. The van der Waals surface area contributed by atoms with Gasteiger partial charge in [-0.25, -0.2) is 0 Å². The third-order valence-electron chi connectivity index (χ3n) is 2.49. The largest absolute Gasteiger partial charge is 0.481 e. The summed E-state index contributed by atoms with van der Waals surface area (Å²) in [5, 5.41) is 15.5. The number of rotatable bonds is 7. The average molecular weight is 253 g/mol. The van der Waals surface area contributed by atoms with E-state index in [1.54, 1.807) is 24.7 Å². The molecule has 0 aromatic carbocycles. The van der Waals surface area contributed by atoms with E-state index >= 15 is 0 Å². The number of carboxylic acid groups (broad SMARTS) is 1. The first kappa shape index (κ1) is 14.2. The van der Waals surface area contributed by atoms with Gasteiger partial charge in [-0.15, -0.1) is 0 Å². The van der Waals surface area contributed by atoms with E-state index in [4.69, 9.17) is 5.11 Å². The van der Waals surface area contributed by atoms with Crippen LogP contribution in [0.4, 0.5) is 0 Å². The van der Waals surface area contributed by atoms with Crippen molar-refractivity contribution in [3.05, 3.63) is 18.5 Å². The maximum Gasteiger partial charge on any atom is 0.303 e. The lowest BCUT2D eigenvalue weighted by molar-refractivity contribution is -0.139. The molecule has 0 atom stereocenters. The molecule has 18 heavy (non-hydrogen) atoms. The van der Waals surface area contributed by atoms with Crippen molar-refractivity contribution in [1.82, 2.24) is 15.1 Å². The molecule has 0 saturated heterocycles. The Kier molecular flexibility index (Phi) is 4.88. The van der Waals surface area contributed by atoms with Crippen LogP contribution in [0.3, 0.4) is 0 Å². The lowest BCUT2D eigenvalue weighted by Crippen LogP contribution is -2.32. The summed E-state index contributed by atoms with van der Waals surface area (Å²) in [4.78, 5) is 22.3. The summed E-state index contributed by atoms with van der Waals surface area (Å²) in [6.45, 7) is 4.64. The van der Waals surface area contributed by atoms with Crippen LogP contribution in [0.5, 0.6) is 0 Å². The number of amides is 1. The Labute approximate surface area is 106 Å². The van der Waals surface area contributed by atoms with E-state index in [-0.39, 0.29) is 18.7 Å². The average Bonchev–Trinajstić information content (AvgIpc) is 2.66. The van der Waals surface area contributed by atoms with Crippen LogP contribution in [0.1, 0.15) is 26.7 Å². The van der Waals surface area contributed by atoms with Gasteiger partial charge in [0.1, 0.15) is 0 Å². The predicted molar refractivity (Wildman–Crippen MR) is 65.9 cm³/mol. The molecule has 1 aromatic rings. The number of hydrogen-bond donors (Lipinski definition) is 2. The number of aromatic nitrogens is 2. The van der Waals surface area contributed by atoms with Crippen molar-refractivity contribution < 1.29 is 14.7 Å². The van der Waals surface area contributed by atoms with E-state index in [0.717, 1.165) is 0 Å². The van der Waals surface area contributed by atoms with Gasteiger partial charge in [0, 0.05) is 25.4 Å². The van der Waals surface area contributed by atoms with Crippen molar-refractivity contribution in [2.24, 2.45) is 5.41 Å². The minimum absolute atomic E-state index is 0.0143. The number of nitrogens with zero attached hydrogens (tertiary/aromatic N) is 2. The van der Waals surface area contributed by atoms with Crippen molar-refractivity contribution in [1.29, 1.82) is 0 Å². The summed E-state index contributed by atoms with van der Waals surface area (Å²) >= 11 is 0. The third kappa shape index (κ3) is 5.47. The zero-order valence-corrected chi connectivity index (χ0v) is 10.7. The van der Waals surface area contributed by atoms with Crippen molar-refractivity contribution >= 4 is 11.9 Å². The lowest BCUT2D eigenvalue weighted by atomic mass is 9.85. The first-order valence-electron chi connectivity index (χ1n) is 5.85. The first-order chi connectivity index (χ1) is 8.39. The Morgan fingerprint density at radius 2 is 2.11 bits per heavy atom. The molecule has 0 unspecified atom stereocenters. The fourth-order valence-electron chi connectivity index (χ4n) is 1.71. The van der Waals surface area contributed by atoms with Gasteiger partial charge in [0.05, 0.1) is 13.0 Å². The summed E-state index contributed by atoms with van der Waals surface area (Å²) in [6.07, 6.45) is 3.69. The van der Waals surface area contributed by atoms with Crippen LogP contribution in [-0.4, -0.2) is 33.3 Å². The second-order valence-electron chi connectivity index (χ2n) is 5.03. The summed E-state index contributed by atoms with van der Waals surface area (Å²) in [5.74, 6) is -1.02. The van der Waals surface area contributed by atoms with Crippen LogP contribution in [0, 0.1) is 5.41 Å². The topological polar surface area (TPSA) is 84.2 Å². The Balaban J connectivity index is 2.26. The number of carbonyl (C=O) groups is 2. The number of aliphatic carboxylic acids is 1. The predicted octanol–water partition coefficient (Wildman–Crippen LogP) is 0.890. The molecule has 2 N–H and O–H groups in total. The zero-order valence-electron chi connectivity index (χ0n) is 10.7. The number of hydrogen-bond acceptors (Lipinski definition) is 3. The summed E-state index contributed by atoms with van der Waals surface area (Å²) in [5.41, 5.74) is -0.526. The van der Waals surface area contributed by atoms with Crippen LogP contribution in [0.15, 0.2) is 18.5 Å². The van der Waals surface area contributed by atoms with Gasteiger partial charge in [-0.05, 0) is 11.5 Å². The summed E-state index contributed by atoms with van der Waals surface area (Å²) < 4.78 is 1.72. The van der Waals surface area contributed by atoms with E-state index in [9.17, 15) is 9.59 Å². The Hall–Kier alpha value is -1.85. The molecule has 0 aliphatic carbocycles. The van der Waals surface area contributed by atoms with Gasteiger partial charge in [-0.2, -0.15) is 5.10 Å². The molecule has 1 aromatic heterocycles. The molecule has 1 rings (SSSR count). The van der Waals surface area contributed by atoms with E-state index in [0.29, 0.717) is 13.1 Å². The molecule has 0 aliphatic heterocycles. The van der Waals surface area contributed by atoms with E-state index in [2.05, 4.69) is 10.4 Å². The molecule has 1 heterocycles. The molecule has 0 bridgehead atoms. The fourth-order valence-corrected chi connectivity index (χ4v) is 1.71. The van der Waals surface area contributed by atoms with Crippen molar-refractivity contribution in [2.45, 2.75) is 33.2 Å². The van der Waals surface area contributed by atoms with Gasteiger partial charge in [0.25, 0.3) is 0 Å². The molecule has 0 saturated carbocycles.